The summed E-state index contributed by atoms with van der Waals surface area (Å²) in [7, 11) is 0. The van der Waals surface area contributed by atoms with E-state index in [1.807, 2.05) is 0 Å². The second kappa shape index (κ2) is 4.74. The van der Waals surface area contributed by atoms with E-state index in [2.05, 4.69) is 17.5 Å². The molecule has 0 amide bonds. The molecule has 2 rings (SSSR count). The Labute approximate surface area is 85.8 Å². The first kappa shape index (κ1) is 9.91. The van der Waals surface area contributed by atoms with E-state index < -0.39 is 0 Å². The molecular formula is C12H19NO. The van der Waals surface area contributed by atoms with Crippen LogP contribution in [0.1, 0.15) is 32.1 Å². The molecule has 1 N–H and O–H groups in total. The van der Waals surface area contributed by atoms with Gasteiger partial charge in [0.25, 0.3) is 0 Å². The van der Waals surface area contributed by atoms with Gasteiger partial charge in [0.1, 0.15) is 5.78 Å². The van der Waals surface area contributed by atoms with Crippen molar-refractivity contribution in [2.45, 2.75) is 32.1 Å². The summed E-state index contributed by atoms with van der Waals surface area (Å²) in [5.74, 6) is 1.45. The van der Waals surface area contributed by atoms with Crippen LogP contribution in [0.3, 0.4) is 0 Å². The van der Waals surface area contributed by atoms with E-state index in [9.17, 15) is 4.79 Å². The fourth-order valence-corrected chi connectivity index (χ4v) is 2.42. The zero-order valence-electron chi connectivity index (χ0n) is 8.67. The minimum Gasteiger partial charge on any atom is -0.316 e. The molecule has 0 bridgehead atoms. The van der Waals surface area contributed by atoms with Gasteiger partial charge in [0, 0.05) is 18.9 Å². The zero-order valence-corrected chi connectivity index (χ0v) is 8.67. The molecule has 2 heteroatoms. The van der Waals surface area contributed by atoms with Crippen LogP contribution in [0.2, 0.25) is 0 Å². The first-order chi connectivity index (χ1) is 6.86. The number of carbonyl (C=O) groups excluding carboxylic acids is 1. The van der Waals surface area contributed by atoms with Crippen molar-refractivity contribution in [2.75, 3.05) is 13.1 Å². The van der Waals surface area contributed by atoms with Crippen LogP contribution < -0.4 is 5.32 Å². The van der Waals surface area contributed by atoms with Crippen molar-refractivity contribution in [1.82, 2.24) is 5.32 Å². The molecule has 0 radical (unpaired) electrons. The molecule has 1 fully saturated rings. The normalized spacial score (nSPS) is 32.0. The fraction of sp³-hybridized carbons (Fsp3) is 0.750. The summed E-state index contributed by atoms with van der Waals surface area (Å²) in [5, 5.41) is 3.26. The summed E-state index contributed by atoms with van der Waals surface area (Å²) >= 11 is 0. The Morgan fingerprint density at radius 2 is 2.29 bits per heavy atom. The molecule has 0 aromatic heterocycles. The average molecular weight is 193 g/mol. The van der Waals surface area contributed by atoms with Gasteiger partial charge in [-0.2, -0.15) is 0 Å². The van der Waals surface area contributed by atoms with Gasteiger partial charge < -0.3 is 5.32 Å². The van der Waals surface area contributed by atoms with E-state index in [4.69, 9.17) is 0 Å². The Bertz CT molecular complexity index is 228. The predicted octanol–water partition coefficient (Wildman–Crippen LogP) is 1.91. The van der Waals surface area contributed by atoms with Crippen LogP contribution in [-0.2, 0) is 4.79 Å². The number of carbonyl (C=O) groups is 1. The summed E-state index contributed by atoms with van der Waals surface area (Å²) in [6, 6.07) is 0. The van der Waals surface area contributed by atoms with Crippen LogP contribution in [0.25, 0.3) is 0 Å². The molecule has 2 aliphatic rings. The highest BCUT2D eigenvalue weighted by Crippen LogP contribution is 2.24. The number of rotatable bonds is 3. The second-order valence-electron chi connectivity index (χ2n) is 4.51. The quantitative estimate of drug-likeness (QED) is 0.694. The third-order valence-electron chi connectivity index (χ3n) is 3.38. The van der Waals surface area contributed by atoms with E-state index in [0.29, 0.717) is 17.6 Å². The van der Waals surface area contributed by atoms with Crippen LogP contribution in [0.4, 0.5) is 0 Å². The predicted molar refractivity (Wildman–Crippen MR) is 57.1 cm³/mol. The van der Waals surface area contributed by atoms with Crippen molar-refractivity contribution in [2.24, 2.45) is 11.8 Å². The first-order valence-corrected chi connectivity index (χ1v) is 5.74. The number of hydrogen-bond donors (Lipinski definition) is 1. The van der Waals surface area contributed by atoms with Crippen molar-refractivity contribution in [3.63, 3.8) is 0 Å². The third kappa shape index (κ3) is 2.44. The number of allylic oxidation sites excluding steroid dienone is 2. The Kier molecular flexibility index (Phi) is 3.35. The molecule has 14 heavy (non-hydrogen) atoms. The van der Waals surface area contributed by atoms with Crippen LogP contribution in [0, 0.1) is 11.8 Å². The van der Waals surface area contributed by atoms with Gasteiger partial charge in [-0.1, -0.05) is 12.2 Å². The van der Waals surface area contributed by atoms with Crippen molar-refractivity contribution >= 4 is 5.78 Å². The van der Waals surface area contributed by atoms with Crippen molar-refractivity contribution in [1.29, 1.82) is 0 Å². The van der Waals surface area contributed by atoms with Crippen LogP contribution in [0.5, 0.6) is 0 Å². The molecule has 2 unspecified atom stereocenters. The minimum atomic E-state index is 0.320. The molecule has 78 valence electrons. The molecule has 0 aromatic carbocycles. The summed E-state index contributed by atoms with van der Waals surface area (Å²) in [4.78, 5) is 11.8. The topological polar surface area (TPSA) is 29.1 Å². The summed E-state index contributed by atoms with van der Waals surface area (Å²) < 4.78 is 0. The van der Waals surface area contributed by atoms with Gasteiger partial charge in [0.15, 0.2) is 0 Å². The number of hydrogen-bond acceptors (Lipinski definition) is 2. The van der Waals surface area contributed by atoms with Crippen LogP contribution in [-0.4, -0.2) is 18.9 Å². The maximum absolute atomic E-state index is 11.8. The van der Waals surface area contributed by atoms with Crippen LogP contribution in [0.15, 0.2) is 12.2 Å². The highest BCUT2D eigenvalue weighted by Gasteiger charge is 2.24. The average Bonchev–Trinajstić information content (AvgIpc) is 2.72. The van der Waals surface area contributed by atoms with E-state index in [1.165, 1.54) is 12.8 Å². The summed E-state index contributed by atoms with van der Waals surface area (Å²) in [5.41, 5.74) is 0. The Hall–Kier alpha value is -0.630. The third-order valence-corrected chi connectivity index (χ3v) is 3.38. The molecule has 1 saturated heterocycles. The summed E-state index contributed by atoms with van der Waals surface area (Å²) in [6.45, 7) is 1.95. The molecule has 1 aliphatic carbocycles. The Morgan fingerprint density at radius 3 is 2.93 bits per heavy atom. The Morgan fingerprint density at radius 1 is 1.36 bits per heavy atom. The van der Waals surface area contributed by atoms with Gasteiger partial charge in [0.05, 0.1) is 0 Å². The lowest BCUT2D eigenvalue weighted by Gasteiger charge is -2.18. The summed E-state index contributed by atoms with van der Waals surface area (Å²) in [6.07, 6.45) is 9.83. The Balaban J connectivity index is 1.78. The standard InChI is InChI=1S/C12H19NO/c14-12(11-6-7-13-9-11)8-10-4-2-1-3-5-10/h1-2,10-11,13H,3-9H2. The maximum atomic E-state index is 11.8. The zero-order chi connectivity index (χ0) is 9.80. The van der Waals surface area contributed by atoms with Gasteiger partial charge >= 0.3 is 0 Å². The van der Waals surface area contributed by atoms with E-state index >= 15 is 0 Å². The minimum absolute atomic E-state index is 0.320. The lowest BCUT2D eigenvalue weighted by atomic mass is 9.86. The van der Waals surface area contributed by atoms with E-state index in [-0.39, 0.29) is 0 Å². The molecule has 0 saturated carbocycles. The molecule has 1 aliphatic heterocycles. The molecule has 1 heterocycles. The van der Waals surface area contributed by atoms with Gasteiger partial charge in [-0.25, -0.2) is 0 Å². The monoisotopic (exact) mass is 193 g/mol. The lowest BCUT2D eigenvalue weighted by Crippen LogP contribution is -2.20. The van der Waals surface area contributed by atoms with Gasteiger partial charge in [-0.15, -0.1) is 0 Å². The van der Waals surface area contributed by atoms with Crippen molar-refractivity contribution < 1.29 is 4.79 Å². The second-order valence-corrected chi connectivity index (χ2v) is 4.51. The largest absolute Gasteiger partial charge is 0.316 e. The highest BCUT2D eigenvalue weighted by atomic mass is 16.1. The lowest BCUT2D eigenvalue weighted by molar-refractivity contribution is -0.123. The van der Waals surface area contributed by atoms with Crippen molar-refractivity contribution in [3.8, 4) is 0 Å². The van der Waals surface area contributed by atoms with Gasteiger partial charge in [0.2, 0.25) is 0 Å². The first-order valence-electron chi connectivity index (χ1n) is 5.74. The fourth-order valence-electron chi connectivity index (χ4n) is 2.42. The number of ketones is 1. The SMILES string of the molecule is O=C(CC1CC=CCC1)C1CCNC1. The molecule has 2 nitrogen and oxygen atoms in total. The highest BCUT2D eigenvalue weighted by molar-refractivity contribution is 5.81. The van der Waals surface area contributed by atoms with Gasteiger partial charge in [-0.3, -0.25) is 4.79 Å². The van der Waals surface area contributed by atoms with Crippen LogP contribution >= 0.6 is 0 Å². The molecule has 0 spiro atoms. The molecule has 0 aromatic rings. The maximum Gasteiger partial charge on any atom is 0.137 e. The van der Waals surface area contributed by atoms with E-state index in [0.717, 1.165) is 32.4 Å². The van der Waals surface area contributed by atoms with Crippen molar-refractivity contribution in [3.05, 3.63) is 12.2 Å². The smallest absolute Gasteiger partial charge is 0.137 e. The number of Topliss-reactive ketones (excluding diaryl/α,β-unsaturated/α-hetero) is 1. The molecular weight excluding hydrogens is 174 g/mol. The number of nitrogens with one attached hydrogen (secondary N) is 1. The molecule has 2 atom stereocenters. The van der Waals surface area contributed by atoms with E-state index in [1.54, 1.807) is 0 Å². The van der Waals surface area contributed by atoms with Gasteiger partial charge in [-0.05, 0) is 38.1 Å².